The molecule has 1 aromatic carbocycles. The molecule has 33 heavy (non-hydrogen) atoms. The normalized spacial score (nSPS) is 23.7. The molecule has 2 heterocycles. The number of carbonyl (C=O) groups is 4. The molecule has 4 N–H and O–H groups in total. The lowest BCUT2D eigenvalue weighted by Crippen LogP contribution is -2.58. The fourth-order valence-corrected chi connectivity index (χ4v) is 4.28. The van der Waals surface area contributed by atoms with Gasteiger partial charge >= 0.3 is 5.97 Å². The quantitative estimate of drug-likeness (QED) is 0.453. The lowest BCUT2D eigenvalue weighted by molar-refractivity contribution is -0.142. The third-order valence-corrected chi connectivity index (χ3v) is 6.36. The van der Waals surface area contributed by atoms with E-state index in [1.807, 2.05) is 27.7 Å². The number of likely N-dealkylation sites (tertiary alicyclic amines) is 1. The molecule has 9 heteroatoms. The van der Waals surface area contributed by atoms with Gasteiger partial charge in [0.15, 0.2) is 0 Å². The van der Waals surface area contributed by atoms with Gasteiger partial charge in [-0.3, -0.25) is 19.2 Å². The summed E-state index contributed by atoms with van der Waals surface area (Å²) >= 11 is 0. The fraction of sp³-hybridized carbons (Fsp3) is 0.583. The summed E-state index contributed by atoms with van der Waals surface area (Å²) in [5.41, 5.74) is 7.05. The molecule has 2 aliphatic rings. The first-order chi connectivity index (χ1) is 15.4. The molecule has 0 saturated carbocycles. The molecule has 180 valence electrons. The number of carbonyl (C=O) groups excluding carboxylic acids is 4. The van der Waals surface area contributed by atoms with Crippen LogP contribution in [0.4, 0.5) is 5.69 Å². The van der Waals surface area contributed by atoms with Gasteiger partial charge in [-0.1, -0.05) is 20.8 Å². The van der Waals surface area contributed by atoms with Crippen LogP contribution >= 0.6 is 0 Å². The van der Waals surface area contributed by atoms with Crippen molar-refractivity contribution in [3.05, 3.63) is 29.3 Å². The fourth-order valence-electron chi connectivity index (χ4n) is 4.28. The van der Waals surface area contributed by atoms with Crippen molar-refractivity contribution in [2.75, 3.05) is 12.3 Å². The number of hydrogen-bond donors (Lipinski definition) is 3. The maximum Gasteiger partial charge on any atom is 0.308 e. The molecule has 0 aromatic heterocycles. The van der Waals surface area contributed by atoms with Crippen molar-refractivity contribution in [1.29, 1.82) is 0 Å². The van der Waals surface area contributed by atoms with Crippen molar-refractivity contribution in [2.24, 2.45) is 5.41 Å². The van der Waals surface area contributed by atoms with E-state index < -0.39 is 29.6 Å². The van der Waals surface area contributed by atoms with E-state index >= 15 is 0 Å². The highest BCUT2D eigenvalue weighted by atomic mass is 16.6. The van der Waals surface area contributed by atoms with Crippen LogP contribution in [0.5, 0.6) is 0 Å². The smallest absolute Gasteiger partial charge is 0.308 e. The molecule has 3 rings (SSSR count). The van der Waals surface area contributed by atoms with Crippen LogP contribution in [0.2, 0.25) is 0 Å². The summed E-state index contributed by atoms with van der Waals surface area (Å²) in [7, 11) is 0. The molecule has 3 amide bonds. The van der Waals surface area contributed by atoms with Crippen molar-refractivity contribution in [1.82, 2.24) is 15.5 Å². The molecule has 0 bridgehead atoms. The number of benzene rings is 1. The van der Waals surface area contributed by atoms with Crippen molar-refractivity contribution in [2.45, 2.75) is 78.1 Å². The number of anilines is 1. The first-order valence-corrected chi connectivity index (χ1v) is 11.4. The SMILES string of the molecule is Cc1cc(C(=O)N[C@H](C(=O)N2CCC[C@H]2C(=O)N[C@H]2CC(=O)O[C@H]2C)C(C)(C)C)ccc1N. The summed E-state index contributed by atoms with van der Waals surface area (Å²) in [5, 5.41) is 5.74. The van der Waals surface area contributed by atoms with Gasteiger partial charge in [0.25, 0.3) is 5.91 Å². The Morgan fingerprint density at radius 2 is 1.94 bits per heavy atom. The van der Waals surface area contributed by atoms with Crippen molar-refractivity contribution in [3.63, 3.8) is 0 Å². The number of rotatable bonds is 5. The minimum Gasteiger partial charge on any atom is -0.460 e. The van der Waals surface area contributed by atoms with Gasteiger partial charge in [0.2, 0.25) is 11.8 Å². The lowest BCUT2D eigenvalue weighted by Gasteiger charge is -2.35. The van der Waals surface area contributed by atoms with Gasteiger partial charge < -0.3 is 26.0 Å². The zero-order valence-corrected chi connectivity index (χ0v) is 19.9. The van der Waals surface area contributed by atoms with Crippen LogP contribution in [-0.2, 0) is 19.1 Å². The molecule has 0 unspecified atom stereocenters. The van der Waals surface area contributed by atoms with E-state index in [2.05, 4.69) is 10.6 Å². The van der Waals surface area contributed by atoms with Gasteiger partial charge in [-0.2, -0.15) is 0 Å². The molecule has 9 nitrogen and oxygen atoms in total. The predicted molar refractivity (Wildman–Crippen MR) is 123 cm³/mol. The molecule has 2 fully saturated rings. The lowest BCUT2D eigenvalue weighted by atomic mass is 9.85. The maximum atomic E-state index is 13.6. The Labute approximate surface area is 194 Å². The molecule has 0 radical (unpaired) electrons. The van der Waals surface area contributed by atoms with Gasteiger partial charge in [-0.15, -0.1) is 0 Å². The number of esters is 1. The number of nitrogen functional groups attached to an aromatic ring is 1. The summed E-state index contributed by atoms with van der Waals surface area (Å²) in [6.07, 6.45) is 0.920. The molecular weight excluding hydrogens is 424 g/mol. The van der Waals surface area contributed by atoms with Crippen molar-refractivity contribution >= 4 is 29.4 Å². The predicted octanol–water partition coefficient (Wildman–Crippen LogP) is 1.53. The van der Waals surface area contributed by atoms with Crippen LogP contribution in [-0.4, -0.2) is 59.4 Å². The highest BCUT2D eigenvalue weighted by Crippen LogP contribution is 2.27. The molecule has 0 aliphatic carbocycles. The summed E-state index contributed by atoms with van der Waals surface area (Å²) in [6.45, 7) is 9.60. The van der Waals surface area contributed by atoms with Gasteiger partial charge in [-0.05, 0) is 55.9 Å². The average molecular weight is 459 g/mol. The van der Waals surface area contributed by atoms with E-state index in [1.165, 1.54) is 0 Å². The van der Waals surface area contributed by atoms with Gasteiger partial charge in [-0.25, -0.2) is 0 Å². The van der Waals surface area contributed by atoms with Gasteiger partial charge in [0.05, 0.1) is 12.5 Å². The Balaban J connectivity index is 1.75. The first-order valence-electron chi connectivity index (χ1n) is 11.4. The van der Waals surface area contributed by atoms with E-state index in [1.54, 1.807) is 30.0 Å². The second-order valence-corrected chi connectivity index (χ2v) is 10.0. The van der Waals surface area contributed by atoms with Crippen molar-refractivity contribution in [3.8, 4) is 0 Å². The van der Waals surface area contributed by atoms with Crippen molar-refractivity contribution < 1.29 is 23.9 Å². The Kier molecular flexibility index (Phi) is 7.00. The van der Waals surface area contributed by atoms with Crippen LogP contribution in [0.15, 0.2) is 18.2 Å². The summed E-state index contributed by atoms with van der Waals surface area (Å²) in [6, 6.07) is 3.09. The maximum absolute atomic E-state index is 13.6. The zero-order valence-electron chi connectivity index (χ0n) is 19.9. The van der Waals surface area contributed by atoms with Crippen LogP contribution in [0, 0.1) is 12.3 Å². The number of ether oxygens (including phenoxy) is 1. The average Bonchev–Trinajstić information content (AvgIpc) is 3.33. The largest absolute Gasteiger partial charge is 0.460 e. The number of nitrogens with two attached hydrogens (primary N) is 1. The van der Waals surface area contributed by atoms with E-state index in [0.717, 1.165) is 5.56 Å². The van der Waals surface area contributed by atoms with Crippen LogP contribution in [0.1, 0.15) is 62.9 Å². The Morgan fingerprint density at radius 1 is 1.24 bits per heavy atom. The number of cyclic esters (lactones) is 1. The van der Waals surface area contributed by atoms with Crippen LogP contribution < -0.4 is 16.4 Å². The summed E-state index contributed by atoms with van der Waals surface area (Å²) in [5.74, 6) is -1.32. The molecule has 0 spiro atoms. The molecule has 2 aliphatic heterocycles. The minimum absolute atomic E-state index is 0.120. The number of nitrogens with one attached hydrogen (secondary N) is 2. The molecule has 1 aromatic rings. The number of hydrogen-bond acceptors (Lipinski definition) is 6. The summed E-state index contributed by atoms with van der Waals surface area (Å²) < 4.78 is 5.11. The Bertz CT molecular complexity index is 955. The highest BCUT2D eigenvalue weighted by Gasteiger charge is 2.43. The summed E-state index contributed by atoms with van der Waals surface area (Å²) in [4.78, 5) is 52.6. The third kappa shape index (κ3) is 5.46. The van der Waals surface area contributed by atoms with E-state index in [9.17, 15) is 19.2 Å². The van der Waals surface area contributed by atoms with E-state index in [4.69, 9.17) is 10.5 Å². The zero-order chi connectivity index (χ0) is 24.5. The third-order valence-electron chi connectivity index (χ3n) is 6.36. The van der Waals surface area contributed by atoms with E-state index in [0.29, 0.717) is 30.6 Å². The molecule has 2 saturated heterocycles. The Hall–Kier alpha value is -3.10. The number of nitrogens with zero attached hydrogens (tertiary/aromatic N) is 1. The topological polar surface area (TPSA) is 131 Å². The Morgan fingerprint density at radius 3 is 2.52 bits per heavy atom. The van der Waals surface area contributed by atoms with Gasteiger partial charge in [0, 0.05) is 17.8 Å². The standard InChI is InChI=1S/C24H34N4O5/c1-13-11-15(8-9-16(13)25)21(30)27-20(24(3,4)5)23(32)28-10-6-7-18(28)22(31)26-17-12-19(29)33-14(17)2/h8-9,11,14,17-18,20H,6-7,10,12,25H2,1-5H3,(H,26,31)(H,27,30)/t14-,17-,18-,20+/m0/s1. The number of amides is 3. The molecule has 4 atom stereocenters. The van der Waals surface area contributed by atoms with Crippen LogP contribution in [0.3, 0.4) is 0 Å². The number of aryl methyl sites for hydroxylation is 1. The first kappa shape index (κ1) is 24.5. The monoisotopic (exact) mass is 458 g/mol. The van der Waals surface area contributed by atoms with E-state index in [-0.39, 0.29) is 30.1 Å². The second-order valence-electron chi connectivity index (χ2n) is 10.0. The minimum atomic E-state index is -0.827. The van der Waals surface area contributed by atoms with Gasteiger partial charge in [0.1, 0.15) is 18.2 Å². The van der Waals surface area contributed by atoms with Crippen LogP contribution in [0.25, 0.3) is 0 Å². The second kappa shape index (κ2) is 9.41. The highest BCUT2D eigenvalue weighted by molar-refractivity contribution is 5.99. The molecular formula is C24H34N4O5.